The van der Waals surface area contributed by atoms with Crippen LogP contribution in [-0.4, -0.2) is 20.7 Å². The molecule has 1 amide bonds. The molecule has 0 atom stereocenters. The molecule has 0 spiro atoms. The van der Waals surface area contributed by atoms with E-state index in [-0.39, 0.29) is 17.2 Å². The second-order valence-electron chi connectivity index (χ2n) is 7.86. The number of pyridine rings is 1. The van der Waals surface area contributed by atoms with Gasteiger partial charge in [-0.25, -0.2) is 4.68 Å². The summed E-state index contributed by atoms with van der Waals surface area (Å²) in [4.78, 5) is 29.6. The molecule has 0 aliphatic carbocycles. The molecule has 2 aromatic heterocycles. The highest BCUT2D eigenvalue weighted by atomic mass is 16.5. The molecular weight excluding hydrogens is 430 g/mol. The number of nitrogens with zero attached hydrogens (tertiary/aromatic N) is 3. The number of aryl methyl sites for hydroxylation is 2. The largest absolute Gasteiger partial charge is 0.453 e. The molecule has 0 aliphatic rings. The summed E-state index contributed by atoms with van der Waals surface area (Å²) in [6, 6.07) is 16.4. The minimum atomic E-state index is -0.353. The molecule has 4 rings (SSSR count). The summed E-state index contributed by atoms with van der Waals surface area (Å²) in [5, 5.41) is 10.1. The second kappa shape index (κ2) is 9.99. The van der Waals surface area contributed by atoms with E-state index in [0.717, 1.165) is 16.7 Å². The summed E-state index contributed by atoms with van der Waals surface area (Å²) in [6.45, 7) is 4.32. The van der Waals surface area contributed by atoms with Gasteiger partial charge in [0.1, 0.15) is 5.75 Å². The Morgan fingerprint density at radius 3 is 2.65 bits per heavy atom. The van der Waals surface area contributed by atoms with Crippen molar-refractivity contribution in [3.05, 3.63) is 106 Å². The van der Waals surface area contributed by atoms with E-state index in [4.69, 9.17) is 4.74 Å². The van der Waals surface area contributed by atoms with Crippen molar-refractivity contribution in [1.29, 1.82) is 0 Å². The van der Waals surface area contributed by atoms with Crippen molar-refractivity contribution in [2.24, 2.45) is 7.05 Å². The SMILES string of the molecule is Cc1cccc(Oc2cnn(C)c(=O)c2Nc2cccc(C(=O)NCc3cccnc3)c2)c1C. The maximum atomic E-state index is 12.9. The molecule has 0 saturated carbocycles. The van der Waals surface area contributed by atoms with E-state index in [0.29, 0.717) is 29.3 Å². The van der Waals surface area contributed by atoms with Crippen molar-refractivity contribution in [3.8, 4) is 11.5 Å². The third-order valence-corrected chi connectivity index (χ3v) is 5.45. The van der Waals surface area contributed by atoms with Gasteiger partial charge in [0.2, 0.25) is 0 Å². The number of benzene rings is 2. The molecule has 2 N–H and O–H groups in total. The Bertz CT molecular complexity index is 1380. The third-order valence-electron chi connectivity index (χ3n) is 5.45. The lowest BCUT2D eigenvalue weighted by Gasteiger charge is -2.15. The van der Waals surface area contributed by atoms with Crippen LogP contribution in [0.3, 0.4) is 0 Å². The first-order valence-corrected chi connectivity index (χ1v) is 10.8. The van der Waals surface area contributed by atoms with Crippen molar-refractivity contribution in [3.63, 3.8) is 0 Å². The Morgan fingerprint density at radius 2 is 1.85 bits per heavy atom. The van der Waals surface area contributed by atoms with Gasteiger partial charge in [-0.05, 0) is 60.9 Å². The van der Waals surface area contributed by atoms with Crippen LogP contribution in [0.5, 0.6) is 11.5 Å². The fraction of sp³-hybridized carbons (Fsp3) is 0.154. The molecule has 172 valence electrons. The van der Waals surface area contributed by atoms with Gasteiger partial charge >= 0.3 is 0 Å². The zero-order valence-electron chi connectivity index (χ0n) is 19.2. The molecule has 2 heterocycles. The molecule has 0 radical (unpaired) electrons. The monoisotopic (exact) mass is 455 g/mol. The molecule has 2 aromatic carbocycles. The lowest BCUT2D eigenvalue weighted by Crippen LogP contribution is -2.23. The molecule has 34 heavy (non-hydrogen) atoms. The predicted octanol–water partition coefficient (Wildman–Crippen LogP) is 4.26. The first-order chi connectivity index (χ1) is 16.4. The van der Waals surface area contributed by atoms with Crippen LogP contribution in [0.15, 0.2) is 78.0 Å². The van der Waals surface area contributed by atoms with Crippen LogP contribution in [-0.2, 0) is 13.6 Å². The van der Waals surface area contributed by atoms with Gasteiger partial charge in [0.25, 0.3) is 11.5 Å². The van der Waals surface area contributed by atoms with Gasteiger partial charge in [0.15, 0.2) is 11.4 Å². The average molecular weight is 456 g/mol. The number of carbonyl (C=O) groups excluding carboxylic acids is 1. The number of nitrogens with one attached hydrogen (secondary N) is 2. The van der Waals surface area contributed by atoms with Gasteiger partial charge < -0.3 is 15.4 Å². The molecule has 0 fully saturated rings. The standard InChI is InChI=1S/C26H25N5O3/c1-17-7-4-11-22(18(17)2)34-23-16-29-31(3)26(33)24(23)30-21-10-5-9-20(13-21)25(32)28-15-19-8-6-12-27-14-19/h4-14,16,30H,15H2,1-3H3,(H,28,32). The van der Waals surface area contributed by atoms with Crippen LogP contribution in [0.1, 0.15) is 27.0 Å². The highest BCUT2D eigenvalue weighted by Gasteiger charge is 2.15. The quantitative estimate of drug-likeness (QED) is 0.432. The Kier molecular flexibility index (Phi) is 6.68. The molecule has 4 aromatic rings. The number of hydrogen-bond acceptors (Lipinski definition) is 6. The third kappa shape index (κ3) is 5.12. The first kappa shape index (κ1) is 22.7. The van der Waals surface area contributed by atoms with Gasteiger partial charge in [0.05, 0.1) is 6.20 Å². The fourth-order valence-corrected chi connectivity index (χ4v) is 3.34. The van der Waals surface area contributed by atoms with E-state index in [1.54, 1.807) is 43.7 Å². The number of anilines is 2. The Morgan fingerprint density at radius 1 is 1.03 bits per heavy atom. The minimum absolute atomic E-state index is 0.228. The van der Waals surface area contributed by atoms with E-state index in [9.17, 15) is 9.59 Å². The molecule has 0 aliphatic heterocycles. The van der Waals surface area contributed by atoms with E-state index < -0.39 is 0 Å². The van der Waals surface area contributed by atoms with Gasteiger partial charge in [-0.2, -0.15) is 5.10 Å². The predicted molar refractivity (Wildman–Crippen MR) is 131 cm³/mol. The van der Waals surface area contributed by atoms with Crippen LogP contribution in [0.2, 0.25) is 0 Å². The van der Waals surface area contributed by atoms with Gasteiger partial charge in [-0.15, -0.1) is 0 Å². The lowest BCUT2D eigenvalue weighted by molar-refractivity contribution is 0.0951. The smallest absolute Gasteiger partial charge is 0.294 e. The van der Waals surface area contributed by atoms with E-state index in [1.807, 2.05) is 44.2 Å². The summed E-state index contributed by atoms with van der Waals surface area (Å²) >= 11 is 0. The Balaban J connectivity index is 1.58. The fourth-order valence-electron chi connectivity index (χ4n) is 3.34. The first-order valence-electron chi connectivity index (χ1n) is 10.8. The van der Waals surface area contributed by atoms with Gasteiger partial charge in [-0.1, -0.05) is 24.3 Å². The highest BCUT2D eigenvalue weighted by Crippen LogP contribution is 2.31. The second-order valence-corrected chi connectivity index (χ2v) is 7.86. The molecule has 0 unspecified atom stereocenters. The Labute approximate surface area is 197 Å². The number of ether oxygens (including phenoxy) is 1. The van der Waals surface area contributed by atoms with E-state index in [1.165, 1.54) is 10.9 Å². The molecule has 8 heteroatoms. The maximum Gasteiger partial charge on any atom is 0.294 e. The summed E-state index contributed by atoms with van der Waals surface area (Å²) in [5.74, 6) is 0.701. The normalized spacial score (nSPS) is 10.6. The highest BCUT2D eigenvalue weighted by molar-refractivity contribution is 5.95. The van der Waals surface area contributed by atoms with Crippen molar-refractivity contribution in [2.45, 2.75) is 20.4 Å². The van der Waals surface area contributed by atoms with Crippen molar-refractivity contribution in [2.75, 3.05) is 5.32 Å². The lowest BCUT2D eigenvalue weighted by atomic mass is 10.1. The van der Waals surface area contributed by atoms with E-state index in [2.05, 4.69) is 20.7 Å². The number of rotatable bonds is 7. The van der Waals surface area contributed by atoms with E-state index >= 15 is 0 Å². The summed E-state index contributed by atoms with van der Waals surface area (Å²) in [5.41, 5.74) is 3.86. The van der Waals surface area contributed by atoms with Gasteiger partial charge in [0, 0.05) is 37.2 Å². The molecule has 8 nitrogen and oxygen atoms in total. The van der Waals surface area contributed by atoms with Crippen LogP contribution in [0.25, 0.3) is 0 Å². The van der Waals surface area contributed by atoms with Crippen LogP contribution in [0.4, 0.5) is 11.4 Å². The van der Waals surface area contributed by atoms with Crippen LogP contribution < -0.4 is 20.9 Å². The van der Waals surface area contributed by atoms with Crippen molar-refractivity contribution in [1.82, 2.24) is 20.1 Å². The molecular formula is C26H25N5O3. The van der Waals surface area contributed by atoms with Crippen molar-refractivity contribution >= 4 is 17.3 Å². The maximum absolute atomic E-state index is 12.9. The zero-order chi connectivity index (χ0) is 24.1. The minimum Gasteiger partial charge on any atom is -0.453 e. The van der Waals surface area contributed by atoms with Crippen LogP contribution in [0, 0.1) is 13.8 Å². The number of carbonyl (C=O) groups is 1. The summed E-state index contributed by atoms with van der Waals surface area (Å²) < 4.78 is 7.30. The summed E-state index contributed by atoms with van der Waals surface area (Å²) in [7, 11) is 1.57. The zero-order valence-corrected chi connectivity index (χ0v) is 19.2. The average Bonchev–Trinajstić information content (AvgIpc) is 2.85. The number of hydrogen-bond donors (Lipinski definition) is 2. The van der Waals surface area contributed by atoms with Crippen LogP contribution >= 0.6 is 0 Å². The topological polar surface area (TPSA) is 98.1 Å². The Hall–Kier alpha value is -4.46. The molecule has 0 bridgehead atoms. The van der Waals surface area contributed by atoms with Crippen molar-refractivity contribution < 1.29 is 9.53 Å². The number of aromatic nitrogens is 3. The van der Waals surface area contributed by atoms with Gasteiger partial charge in [-0.3, -0.25) is 14.6 Å². The molecule has 0 saturated heterocycles. The number of amides is 1. The summed E-state index contributed by atoms with van der Waals surface area (Å²) in [6.07, 6.45) is 4.88.